The smallest absolute Gasteiger partial charge is 0.258 e. The zero-order valence-corrected chi connectivity index (χ0v) is 16.8. The molecule has 2 aromatic rings. The van der Waals surface area contributed by atoms with E-state index in [4.69, 9.17) is 4.52 Å². The van der Waals surface area contributed by atoms with Gasteiger partial charge in [-0.25, -0.2) is 8.42 Å². The summed E-state index contributed by atoms with van der Waals surface area (Å²) in [5.74, 6) is 0.0625. The summed E-state index contributed by atoms with van der Waals surface area (Å²) < 4.78 is 32.9. The van der Waals surface area contributed by atoms with Crippen molar-refractivity contribution in [2.45, 2.75) is 62.8 Å². The molecule has 150 valence electrons. The number of sulfonamides is 1. The fraction of sp³-hybridized carbons (Fsp3) is 0.500. The third kappa shape index (κ3) is 3.46. The van der Waals surface area contributed by atoms with Crippen LogP contribution in [0.3, 0.4) is 0 Å². The Labute approximate surface area is 165 Å². The average Bonchev–Trinajstić information content (AvgIpc) is 3.33. The number of hydrogen-bond donors (Lipinski definition) is 1. The molecule has 1 aliphatic carbocycles. The molecule has 1 atom stereocenters. The van der Waals surface area contributed by atoms with E-state index >= 15 is 0 Å². The number of piperidine rings is 1. The molecule has 1 aromatic carbocycles. The van der Waals surface area contributed by atoms with E-state index in [1.165, 1.54) is 12.1 Å². The van der Waals surface area contributed by atoms with Crippen LogP contribution in [-0.4, -0.2) is 36.4 Å². The van der Waals surface area contributed by atoms with Gasteiger partial charge in [-0.3, -0.25) is 10.1 Å². The van der Waals surface area contributed by atoms with Crippen molar-refractivity contribution in [3.05, 3.63) is 41.1 Å². The summed E-state index contributed by atoms with van der Waals surface area (Å²) >= 11 is 0. The van der Waals surface area contributed by atoms with Crippen molar-refractivity contribution in [3.8, 4) is 0 Å². The highest BCUT2D eigenvalue weighted by Crippen LogP contribution is 2.29. The van der Waals surface area contributed by atoms with E-state index in [9.17, 15) is 13.2 Å². The molecule has 0 radical (unpaired) electrons. The largest absolute Gasteiger partial charge is 0.338 e. The maximum atomic E-state index is 13.0. The minimum Gasteiger partial charge on any atom is -0.338 e. The fourth-order valence-corrected chi connectivity index (χ4v) is 5.88. The van der Waals surface area contributed by atoms with E-state index in [1.54, 1.807) is 16.4 Å². The molecule has 1 unspecified atom stereocenters. The lowest BCUT2D eigenvalue weighted by atomic mass is 10.0. The molecule has 1 amide bonds. The van der Waals surface area contributed by atoms with E-state index in [0.29, 0.717) is 18.0 Å². The molecule has 1 fully saturated rings. The number of aromatic nitrogens is 1. The standard InChI is InChI=1S/C20H25N3O4S/c1-2-15-6-3-4-13-23(15)28(25,26)16-11-9-14(10-12-16)19(24)21-20-17-7-5-8-18(17)22-27-20/h9-12,15H,2-8,13H2,1H3,(H,21,24). The Morgan fingerprint density at radius 2 is 2.00 bits per heavy atom. The summed E-state index contributed by atoms with van der Waals surface area (Å²) in [6.45, 7) is 2.58. The minimum atomic E-state index is -3.55. The van der Waals surface area contributed by atoms with Gasteiger partial charge < -0.3 is 4.52 Å². The Balaban J connectivity index is 1.50. The van der Waals surface area contributed by atoms with Crippen LogP contribution in [0, 0.1) is 0 Å². The predicted molar refractivity (Wildman–Crippen MR) is 105 cm³/mol. The van der Waals surface area contributed by atoms with Crippen LogP contribution < -0.4 is 5.32 Å². The highest BCUT2D eigenvalue weighted by Gasteiger charge is 2.32. The van der Waals surface area contributed by atoms with Crippen LogP contribution in [0.15, 0.2) is 33.7 Å². The molecule has 1 saturated heterocycles. The van der Waals surface area contributed by atoms with Crippen molar-refractivity contribution in [2.24, 2.45) is 0 Å². The van der Waals surface area contributed by atoms with Crippen molar-refractivity contribution >= 4 is 21.8 Å². The Morgan fingerprint density at radius 1 is 1.21 bits per heavy atom. The number of nitrogens with zero attached hydrogens (tertiary/aromatic N) is 2. The molecule has 1 N–H and O–H groups in total. The number of hydrogen-bond acceptors (Lipinski definition) is 5. The Bertz CT molecular complexity index is 966. The fourth-order valence-electron chi connectivity index (χ4n) is 4.11. The molecule has 0 spiro atoms. The molecule has 4 rings (SSSR count). The topological polar surface area (TPSA) is 92.5 Å². The lowest BCUT2D eigenvalue weighted by Crippen LogP contribution is -2.43. The maximum absolute atomic E-state index is 13.0. The first-order chi connectivity index (χ1) is 13.5. The van der Waals surface area contributed by atoms with Crippen molar-refractivity contribution < 1.29 is 17.7 Å². The van der Waals surface area contributed by atoms with E-state index < -0.39 is 10.0 Å². The second-order valence-electron chi connectivity index (χ2n) is 7.44. The van der Waals surface area contributed by atoms with Gasteiger partial charge in [0.15, 0.2) is 0 Å². The molecule has 1 aromatic heterocycles. The third-order valence-corrected chi connectivity index (χ3v) is 7.67. The number of nitrogens with one attached hydrogen (secondary N) is 1. The zero-order valence-electron chi connectivity index (χ0n) is 16.0. The van der Waals surface area contributed by atoms with E-state index in [2.05, 4.69) is 10.5 Å². The highest BCUT2D eigenvalue weighted by molar-refractivity contribution is 7.89. The van der Waals surface area contributed by atoms with Crippen LogP contribution in [0.1, 0.15) is 60.6 Å². The summed E-state index contributed by atoms with van der Waals surface area (Å²) in [5, 5.41) is 6.73. The first-order valence-corrected chi connectivity index (χ1v) is 11.4. The number of aryl methyl sites for hydroxylation is 1. The SMILES string of the molecule is CCC1CCCCN1S(=O)(=O)c1ccc(C(=O)Nc2onc3c2CCC3)cc1. The van der Waals surface area contributed by atoms with Gasteiger partial charge in [-0.05, 0) is 62.8 Å². The maximum Gasteiger partial charge on any atom is 0.258 e. The number of rotatable bonds is 5. The van der Waals surface area contributed by atoms with Crippen LogP contribution in [-0.2, 0) is 22.9 Å². The number of benzene rings is 1. The first-order valence-electron chi connectivity index (χ1n) is 9.91. The van der Waals surface area contributed by atoms with Crippen LogP contribution in [0.4, 0.5) is 5.88 Å². The second-order valence-corrected chi connectivity index (χ2v) is 9.33. The molecule has 8 heteroatoms. The molecular formula is C20H25N3O4S. The molecular weight excluding hydrogens is 378 g/mol. The summed E-state index contributed by atoms with van der Waals surface area (Å²) in [6, 6.07) is 6.16. The normalized spacial score (nSPS) is 20.1. The van der Waals surface area contributed by atoms with E-state index in [-0.39, 0.29) is 16.8 Å². The predicted octanol–water partition coefficient (Wildman–Crippen LogP) is 3.37. The summed E-state index contributed by atoms with van der Waals surface area (Å²) in [4.78, 5) is 12.7. The zero-order chi connectivity index (χ0) is 19.7. The van der Waals surface area contributed by atoms with Gasteiger partial charge in [0.05, 0.1) is 10.6 Å². The highest BCUT2D eigenvalue weighted by atomic mass is 32.2. The van der Waals surface area contributed by atoms with Gasteiger partial charge in [0.1, 0.15) is 0 Å². The van der Waals surface area contributed by atoms with Gasteiger partial charge in [0.25, 0.3) is 5.91 Å². The van der Waals surface area contributed by atoms with Gasteiger partial charge in [-0.15, -0.1) is 0 Å². The van der Waals surface area contributed by atoms with Gasteiger partial charge in [0, 0.05) is 23.7 Å². The Kier molecular flexibility index (Phi) is 5.25. The lowest BCUT2D eigenvalue weighted by molar-refractivity contribution is 0.102. The van der Waals surface area contributed by atoms with Crippen molar-refractivity contribution in [1.29, 1.82) is 0 Å². The monoisotopic (exact) mass is 403 g/mol. The molecule has 2 aliphatic rings. The van der Waals surface area contributed by atoms with E-state index in [0.717, 1.165) is 56.2 Å². The second kappa shape index (κ2) is 7.67. The van der Waals surface area contributed by atoms with E-state index in [1.807, 2.05) is 6.92 Å². The van der Waals surface area contributed by atoms with Gasteiger partial charge in [0.2, 0.25) is 15.9 Å². The van der Waals surface area contributed by atoms with Crippen LogP contribution in [0.5, 0.6) is 0 Å². The van der Waals surface area contributed by atoms with Gasteiger partial charge in [-0.2, -0.15) is 4.31 Å². The number of carbonyl (C=O) groups excluding carboxylic acids is 1. The number of amides is 1. The van der Waals surface area contributed by atoms with Crippen molar-refractivity contribution in [3.63, 3.8) is 0 Å². The Hall–Kier alpha value is -2.19. The van der Waals surface area contributed by atoms with Crippen LogP contribution in [0.2, 0.25) is 0 Å². The molecule has 28 heavy (non-hydrogen) atoms. The third-order valence-electron chi connectivity index (χ3n) is 5.70. The van der Waals surface area contributed by atoms with Crippen molar-refractivity contribution in [1.82, 2.24) is 9.46 Å². The minimum absolute atomic E-state index is 0.0512. The molecule has 0 saturated carbocycles. The average molecular weight is 404 g/mol. The molecule has 0 bridgehead atoms. The first kappa shape index (κ1) is 19.1. The lowest BCUT2D eigenvalue weighted by Gasteiger charge is -2.34. The molecule has 1 aliphatic heterocycles. The summed E-state index contributed by atoms with van der Waals surface area (Å²) in [7, 11) is -3.55. The van der Waals surface area contributed by atoms with Crippen LogP contribution in [0.25, 0.3) is 0 Å². The number of carbonyl (C=O) groups is 1. The quantitative estimate of drug-likeness (QED) is 0.826. The summed E-state index contributed by atoms with van der Waals surface area (Å²) in [5.41, 5.74) is 2.25. The Morgan fingerprint density at radius 3 is 2.75 bits per heavy atom. The van der Waals surface area contributed by atoms with Crippen LogP contribution >= 0.6 is 0 Å². The molecule has 2 heterocycles. The number of anilines is 1. The number of fused-ring (bicyclic) bond motifs is 1. The van der Waals surface area contributed by atoms with Crippen molar-refractivity contribution in [2.75, 3.05) is 11.9 Å². The van der Waals surface area contributed by atoms with Gasteiger partial charge in [-0.1, -0.05) is 18.5 Å². The summed E-state index contributed by atoms with van der Waals surface area (Å²) in [6.07, 6.45) is 6.39. The van der Waals surface area contributed by atoms with Gasteiger partial charge >= 0.3 is 0 Å². The molecule has 7 nitrogen and oxygen atoms in total.